The van der Waals surface area contributed by atoms with Gasteiger partial charge in [0, 0.05) is 5.57 Å². The summed E-state index contributed by atoms with van der Waals surface area (Å²) >= 11 is 0. The van der Waals surface area contributed by atoms with Crippen LogP contribution in [0.1, 0.15) is 52.9 Å². The molecule has 2 heteroatoms. The first-order chi connectivity index (χ1) is 7.41. The fraction of sp³-hybridized carbons (Fsp3) is 0.643. The maximum Gasteiger partial charge on any atom is 0.330 e. The van der Waals surface area contributed by atoms with Crippen LogP contribution in [0, 0.1) is 5.92 Å². The Hall–Kier alpha value is -1.05. The first-order valence-corrected chi connectivity index (χ1v) is 5.91. The van der Waals surface area contributed by atoms with Crippen molar-refractivity contribution in [2.75, 3.05) is 0 Å². The van der Waals surface area contributed by atoms with Gasteiger partial charge >= 0.3 is 5.97 Å². The molecule has 0 spiro atoms. The van der Waals surface area contributed by atoms with Gasteiger partial charge in [0.1, 0.15) is 0 Å². The lowest BCUT2D eigenvalue weighted by Gasteiger charge is -2.02. The summed E-state index contributed by atoms with van der Waals surface area (Å²) in [5.74, 6) is -0.0567. The summed E-state index contributed by atoms with van der Waals surface area (Å²) in [5.41, 5.74) is 0.176. The van der Waals surface area contributed by atoms with Crippen LogP contribution in [-0.4, -0.2) is 11.1 Å². The molecule has 0 aromatic carbocycles. The van der Waals surface area contributed by atoms with Crippen LogP contribution in [0.25, 0.3) is 0 Å². The summed E-state index contributed by atoms with van der Waals surface area (Å²) in [5, 5.41) is 7.89. The molecule has 1 N–H and O–H groups in total. The molecule has 0 amide bonds. The zero-order valence-electron chi connectivity index (χ0n) is 11.0. The smallest absolute Gasteiger partial charge is 0.330 e. The summed E-state index contributed by atoms with van der Waals surface area (Å²) in [6.45, 7) is 12.9. The zero-order chi connectivity index (χ0) is 13.0. The van der Waals surface area contributed by atoms with E-state index in [0.29, 0.717) is 0 Å². The van der Waals surface area contributed by atoms with Crippen LogP contribution in [0.2, 0.25) is 0 Å². The van der Waals surface area contributed by atoms with E-state index in [0.717, 1.165) is 5.92 Å². The summed E-state index contributed by atoms with van der Waals surface area (Å²) in [6, 6.07) is 0. The van der Waals surface area contributed by atoms with E-state index in [1.165, 1.54) is 39.0 Å². The van der Waals surface area contributed by atoms with Gasteiger partial charge in [-0.3, -0.25) is 0 Å². The topological polar surface area (TPSA) is 37.3 Å². The molecular formula is C14H26O2. The van der Waals surface area contributed by atoms with Gasteiger partial charge in [0.05, 0.1) is 0 Å². The maximum absolute atomic E-state index is 9.60. The number of carboxylic acids is 1. The first-order valence-electron chi connectivity index (χ1n) is 5.91. The average molecular weight is 226 g/mol. The fourth-order valence-electron chi connectivity index (χ4n) is 1.02. The van der Waals surface area contributed by atoms with E-state index in [2.05, 4.69) is 27.0 Å². The van der Waals surface area contributed by atoms with Gasteiger partial charge in [-0.1, -0.05) is 45.8 Å². The molecule has 0 bridgehead atoms. The van der Waals surface area contributed by atoms with Crippen molar-refractivity contribution in [1.82, 2.24) is 0 Å². The molecule has 0 radical (unpaired) electrons. The zero-order valence-corrected chi connectivity index (χ0v) is 11.0. The molecule has 16 heavy (non-hydrogen) atoms. The highest BCUT2D eigenvalue weighted by molar-refractivity contribution is 5.84. The lowest BCUT2D eigenvalue weighted by Crippen LogP contribution is -1.92. The predicted molar refractivity (Wildman–Crippen MR) is 70.6 cm³/mol. The van der Waals surface area contributed by atoms with E-state index in [1.807, 2.05) is 6.08 Å². The molecule has 94 valence electrons. The third-order valence-electron chi connectivity index (χ3n) is 2.05. The molecule has 2 nitrogen and oxygen atoms in total. The maximum atomic E-state index is 9.60. The van der Waals surface area contributed by atoms with Crippen molar-refractivity contribution in [3.05, 3.63) is 24.8 Å². The van der Waals surface area contributed by atoms with Crippen molar-refractivity contribution in [2.45, 2.75) is 52.9 Å². The van der Waals surface area contributed by atoms with Crippen LogP contribution in [0.15, 0.2) is 24.8 Å². The van der Waals surface area contributed by atoms with Gasteiger partial charge in [0.25, 0.3) is 0 Å². The van der Waals surface area contributed by atoms with Crippen molar-refractivity contribution < 1.29 is 9.90 Å². The molecule has 0 atom stereocenters. The van der Waals surface area contributed by atoms with Crippen LogP contribution < -0.4 is 0 Å². The normalized spacial score (nSPS) is 9.25. The molecule has 0 fully saturated rings. The Labute approximate surface area is 100 Å². The van der Waals surface area contributed by atoms with Gasteiger partial charge < -0.3 is 5.11 Å². The Morgan fingerprint density at radius 3 is 2.12 bits per heavy atom. The summed E-state index contributed by atoms with van der Waals surface area (Å²) in [4.78, 5) is 9.60. The molecule has 0 aliphatic heterocycles. The standard InChI is InChI=1S/C10H20.C4H6O2/c1-4-5-6-7-8-9-10(2)3;1-3(2)4(5)6/h4,10H,1,5-9H2,2-3H3;1H2,2H3,(H,5,6). The SMILES string of the molecule is C=C(C)C(=O)O.C=CCCCCCC(C)C. The van der Waals surface area contributed by atoms with Crippen molar-refractivity contribution in [1.29, 1.82) is 0 Å². The van der Waals surface area contributed by atoms with E-state index in [9.17, 15) is 4.79 Å². The third-order valence-corrected chi connectivity index (χ3v) is 2.05. The van der Waals surface area contributed by atoms with E-state index in [1.54, 1.807) is 0 Å². The summed E-state index contributed by atoms with van der Waals surface area (Å²) in [7, 11) is 0. The van der Waals surface area contributed by atoms with Gasteiger partial charge in [-0.25, -0.2) is 4.79 Å². The number of aliphatic carboxylic acids is 1. The van der Waals surface area contributed by atoms with Crippen molar-refractivity contribution in [3.63, 3.8) is 0 Å². The van der Waals surface area contributed by atoms with Crippen LogP contribution in [0.4, 0.5) is 0 Å². The molecule has 0 aromatic rings. The van der Waals surface area contributed by atoms with Gasteiger partial charge in [0.2, 0.25) is 0 Å². The van der Waals surface area contributed by atoms with Crippen LogP contribution in [0.3, 0.4) is 0 Å². The molecule has 0 saturated carbocycles. The number of carbonyl (C=O) groups is 1. The Balaban J connectivity index is 0. The number of carboxylic acid groups (broad SMARTS) is 1. The van der Waals surface area contributed by atoms with E-state index >= 15 is 0 Å². The third kappa shape index (κ3) is 18.7. The van der Waals surface area contributed by atoms with E-state index < -0.39 is 5.97 Å². The van der Waals surface area contributed by atoms with Crippen LogP contribution in [0.5, 0.6) is 0 Å². The second-order valence-corrected chi connectivity index (χ2v) is 4.41. The van der Waals surface area contributed by atoms with Crippen molar-refractivity contribution in [3.8, 4) is 0 Å². The quantitative estimate of drug-likeness (QED) is 0.396. The van der Waals surface area contributed by atoms with Gasteiger partial charge in [0.15, 0.2) is 0 Å². The highest BCUT2D eigenvalue weighted by Crippen LogP contribution is 2.09. The summed E-state index contributed by atoms with van der Waals surface area (Å²) in [6.07, 6.45) is 8.69. The molecule has 0 aliphatic rings. The Morgan fingerprint density at radius 1 is 1.31 bits per heavy atom. The summed E-state index contributed by atoms with van der Waals surface area (Å²) < 4.78 is 0. The highest BCUT2D eigenvalue weighted by Gasteiger charge is 1.92. The van der Waals surface area contributed by atoms with Crippen molar-refractivity contribution in [2.24, 2.45) is 5.92 Å². The lowest BCUT2D eigenvalue weighted by atomic mass is 10.0. The van der Waals surface area contributed by atoms with Gasteiger partial charge in [-0.15, -0.1) is 6.58 Å². The number of hydrogen-bond acceptors (Lipinski definition) is 1. The van der Waals surface area contributed by atoms with E-state index in [4.69, 9.17) is 5.11 Å². The monoisotopic (exact) mass is 226 g/mol. The fourth-order valence-corrected chi connectivity index (χ4v) is 1.02. The number of rotatable bonds is 7. The number of unbranched alkanes of at least 4 members (excludes halogenated alkanes) is 3. The largest absolute Gasteiger partial charge is 0.478 e. The minimum Gasteiger partial charge on any atom is -0.478 e. The van der Waals surface area contributed by atoms with Crippen molar-refractivity contribution >= 4 is 5.97 Å². The minimum absolute atomic E-state index is 0.176. The highest BCUT2D eigenvalue weighted by atomic mass is 16.4. The average Bonchev–Trinajstić information content (AvgIpc) is 2.18. The van der Waals surface area contributed by atoms with Crippen LogP contribution in [-0.2, 0) is 4.79 Å². The number of allylic oxidation sites excluding steroid dienone is 1. The predicted octanol–water partition coefficient (Wildman–Crippen LogP) is 4.43. The molecule has 0 unspecified atom stereocenters. The Kier molecular flexibility index (Phi) is 13.0. The van der Waals surface area contributed by atoms with Gasteiger partial charge in [-0.2, -0.15) is 0 Å². The first kappa shape index (κ1) is 17.3. The van der Waals surface area contributed by atoms with Gasteiger partial charge in [-0.05, 0) is 25.7 Å². The lowest BCUT2D eigenvalue weighted by molar-refractivity contribution is -0.132. The Bertz CT molecular complexity index is 193. The Morgan fingerprint density at radius 2 is 1.81 bits per heavy atom. The molecule has 0 rings (SSSR count). The van der Waals surface area contributed by atoms with E-state index in [-0.39, 0.29) is 5.57 Å². The molecule has 0 heterocycles. The molecular weight excluding hydrogens is 200 g/mol. The molecule has 0 aromatic heterocycles. The minimum atomic E-state index is -0.935. The van der Waals surface area contributed by atoms with Crippen LogP contribution >= 0.6 is 0 Å². The second-order valence-electron chi connectivity index (χ2n) is 4.41. The molecule has 0 aliphatic carbocycles. The molecule has 0 saturated heterocycles. The second kappa shape index (κ2) is 12.0. The number of hydrogen-bond donors (Lipinski definition) is 1.